The summed E-state index contributed by atoms with van der Waals surface area (Å²) in [4.78, 5) is 5.97. The van der Waals surface area contributed by atoms with Crippen LogP contribution < -0.4 is 4.74 Å². The third-order valence-electron chi connectivity index (χ3n) is 4.84. The molecule has 2 aromatic carbocycles. The van der Waals surface area contributed by atoms with E-state index < -0.39 is 0 Å². The highest BCUT2D eigenvalue weighted by molar-refractivity contribution is 9.11. The van der Waals surface area contributed by atoms with Crippen LogP contribution in [0.2, 0.25) is 0 Å². The fourth-order valence-corrected chi connectivity index (χ4v) is 6.05. The lowest BCUT2D eigenvalue weighted by Crippen LogP contribution is -1.99. The van der Waals surface area contributed by atoms with E-state index in [1.165, 1.54) is 16.9 Å². The van der Waals surface area contributed by atoms with E-state index in [2.05, 4.69) is 42.9 Å². The van der Waals surface area contributed by atoms with Crippen LogP contribution in [0.3, 0.4) is 0 Å². The Morgan fingerprint density at radius 1 is 1.10 bits per heavy atom. The molecule has 1 aromatic heterocycles. The molecule has 6 heteroatoms. The minimum atomic E-state index is 0.498. The standard InChI is InChI=1S/C23H18Br2N2OS/c24-19-10-16(11-20(25)22(19)28-14-15-6-2-1-3-7-15)13-27-23-18(12-26)17-8-4-5-9-21(17)29-23/h1-3,6-7,10-11,13H,4-5,8-9,14H2. The monoisotopic (exact) mass is 528 g/mol. The van der Waals surface area contributed by atoms with Gasteiger partial charge in [-0.15, -0.1) is 11.3 Å². The molecule has 29 heavy (non-hydrogen) atoms. The van der Waals surface area contributed by atoms with E-state index in [0.717, 1.165) is 55.6 Å². The van der Waals surface area contributed by atoms with Crippen molar-refractivity contribution in [2.24, 2.45) is 4.99 Å². The molecule has 0 spiro atoms. The van der Waals surface area contributed by atoms with Crippen molar-refractivity contribution in [3.8, 4) is 11.8 Å². The number of hydrogen-bond acceptors (Lipinski definition) is 4. The molecule has 0 atom stereocenters. The van der Waals surface area contributed by atoms with Gasteiger partial charge in [-0.05, 0) is 86.4 Å². The fourth-order valence-electron chi connectivity index (χ4n) is 3.41. The van der Waals surface area contributed by atoms with Crippen LogP contribution in [0.4, 0.5) is 5.00 Å². The number of hydrogen-bond donors (Lipinski definition) is 0. The van der Waals surface area contributed by atoms with Crippen molar-refractivity contribution in [2.45, 2.75) is 32.3 Å². The molecule has 3 aromatic rings. The summed E-state index contributed by atoms with van der Waals surface area (Å²) in [6.07, 6.45) is 6.23. The Morgan fingerprint density at radius 3 is 2.55 bits per heavy atom. The van der Waals surface area contributed by atoms with E-state index >= 15 is 0 Å². The fraction of sp³-hybridized carbons (Fsp3) is 0.217. The number of fused-ring (bicyclic) bond motifs is 1. The van der Waals surface area contributed by atoms with Gasteiger partial charge in [0.25, 0.3) is 0 Å². The third-order valence-corrected chi connectivity index (χ3v) is 7.22. The predicted octanol–water partition coefficient (Wildman–Crippen LogP) is 7.35. The molecule has 0 saturated carbocycles. The molecule has 0 N–H and O–H groups in total. The van der Waals surface area contributed by atoms with Crippen molar-refractivity contribution < 1.29 is 4.74 Å². The number of nitrogens with zero attached hydrogens (tertiary/aromatic N) is 2. The van der Waals surface area contributed by atoms with Gasteiger partial charge in [0, 0.05) is 11.1 Å². The lowest BCUT2D eigenvalue weighted by atomic mass is 9.96. The first-order chi connectivity index (χ1) is 14.2. The maximum Gasteiger partial charge on any atom is 0.148 e. The molecule has 4 rings (SSSR count). The van der Waals surface area contributed by atoms with Gasteiger partial charge in [-0.1, -0.05) is 30.3 Å². The molecule has 1 aliphatic carbocycles. The minimum Gasteiger partial charge on any atom is -0.487 e. The molecule has 0 fully saturated rings. The van der Waals surface area contributed by atoms with Gasteiger partial charge in [0.05, 0.1) is 14.5 Å². The topological polar surface area (TPSA) is 45.4 Å². The summed E-state index contributed by atoms with van der Waals surface area (Å²) in [5.41, 5.74) is 4.01. The second kappa shape index (κ2) is 9.25. The predicted molar refractivity (Wildman–Crippen MR) is 126 cm³/mol. The Bertz CT molecular complexity index is 1080. The van der Waals surface area contributed by atoms with Crippen LogP contribution in [0.15, 0.2) is 56.4 Å². The first kappa shape index (κ1) is 20.3. The normalized spacial score (nSPS) is 13.3. The lowest BCUT2D eigenvalue weighted by Gasteiger charge is -2.11. The second-order valence-electron chi connectivity index (χ2n) is 6.85. The summed E-state index contributed by atoms with van der Waals surface area (Å²) in [5, 5.41) is 10.4. The first-order valence-corrected chi connectivity index (χ1v) is 11.8. The molecule has 146 valence electrons. The van der Waals surface area contributed by atoms with Crippen LogP contribution in [0.5, 0.6) is 5.75 Å². The molecular weight excluding hydrogens is 512 g/mol. The van der Waals surface area contributed by atoms with E-state index in [0.29, 0.717) is 6.61 Å². The number of halogens is 2. The Kier molecular flexibility index (Phi) is 6.49. The van der Waals surface area contributed by atoms with E-state index in [9.17, 15) is 5.26 Å². The van der Waals surface area contributed by atoms with Gasteiger partial charge in [0.1, 0.15) is 23.4 Å². The van der Waals surface area contributed by atoms with Crippen LogP contribution in [0, 0.1) is 11.3 Å². The Labute approximate surface area is 191 Å². The maximum absolute atomic E-state index is 9.59. The zero-order chi connectivity index (χ0) is 20.2. The largest absolute Gasteiger partial charge is 0.487 e. The lowest BCUT2D eigenvalue weighted by molar-refractivity contribution is 0.302. The smallest absolute Gasteiger partial charge is 0.148 e. The second-order valence-corrected chi connectivity index (χ2v) is 9.64. The van der Waals surface area contributed by atoms with Gasteiger partial charge in [-0.2, -0.15) is 5.26 Å². The highest BCUT2D eigenvalue weighted by atomic mass is 79.9. The molecule has 0 aliphatic heterocycles. The maximum atomic E-state index is 9.59. The van der Waals surface area contributed by atoms with Crippen molar-refractivity contribution >= 4 is 54.4 Å². The van der Waals surface area contributed by atoms with E-state index in [-0.39, 0.29) is 0 Å². The van der Waals surface area contributed by atoms with Gasteiger partial charge >= 0.3 is 0 Å². The van der Waals surface area contributed by atoms with Crippen LogP contribution in [-0.2, 0) is 19.4 Å². The van der Waals surface area contributed by atoms with Crippen molar-refractivity contribution in [3.05, 3.63) is 78.5 Å². The van der Waals surface area contributed by atoms with Gasteiger partial charge < -0.3 is 4.74 Å². The molecular formula is C23H18Br2N2OS. The minimum absolute atomic E-state index is 0.498. The van der Waals surface area contributed by atoms with E-state index in [1.54, 1.807) is 11.3 Å². The van der Waals surface area contributed by atoms with Crippen LogP contribution in [0.1, 0.15) is 40.0 Å². The molecule has 0 radical (unpaired) electrons. The quantitative estimate of drug-likeness (QED) is 0.324. The summed E-state index contributed by atoms with van der Waals surface area (Å²) in [5.74, 6) is 0.760. The summed E-state index contributed by atoms with van der Waals surface area (Å²) < 4.78 is 7.70. The van der Waals surface area contributed by atoms with Gasteiger partial charge in [0.15, 0.2) is 0 Å². The van der Waals surface area contributed by atoms with Crippen LogP contribution in [0.25, 0.3) is 0 Å². The molecule has 0 bridgehead atoms. The van der Waals surface area contributed by atoms with Crippen LogP contribution >= 0.6 is 43.2 Å². The third kappa shape index (κ3) is 4.63. The zero-order valence-electron chi connectivity index (χ0n) is 15.6. The summed E-state index contributed by atoms with van der Waals surface area (Å²) >= 11 is 8.87. The van der Waals surface area contributed by atoms with E-state index in [4.69, 9.17) is 4.74 Å². The van der Waals surface area contributed by atoms with Gasteiger partial charge in [-0.25, -0.2) is 4.99 Å². The number of aryl methyl sites for hydroxylation is 1. The summed E-state index contributed by atoms with van der Waals surface area (Å²) in [6.45, 7) is 0.498. The highest BCUT2D eigenvalue weighted by Crippen LogP contribution is 2.40. The molecule has 0 unspecified atom stereocenters. The van der Waals surface area contributed by atoms with Crippen LogP contribution in [-0.4, -0.2) is 6.21 Å². The van der Waals surface area contributed by atoms with Gasteiger partial charge in [0.2, 0.25) is 0 Å². The highest BCUT2D eigenvalue weighted by Gasteiger charge is 2.20. The molecule has 1 heterocycles. The zero-order valence-corrected chi connectivity index (χ0v) is 19.6. The van der Waals surface area contributed by atoms with Crippen molar-refractivity contribution in [1.29, 1.82) is 5.26 Å². The number of rotatable bonds is 5. The molecule has 0 saturated heterocycles. The number of ether oxygens (including phenoxy) is 1. The first-order valence-electron chi connectivity index (χ1n) is 9.40. The number of aliphatic imine (C=N–C) groups is 1. The summed E-state index contributed by atoms with van der Waals surface area (Å²) in [7, 11) is 0. The Balaban J connectivity index is 1.54. The molecule has 0 amide bonds. The number of benzene rings is 2. The van der Waals surface area contributed by atoms with Crippen molar-refractivity contribution in [3.63, 3.8) is 0 Å². The molecule has 3 nitrogen and oxygen atoms in total. The SMILES string of the molecule is N#Cc1c(N=Cc2cc(Br)c(OCc3ccccc3)c(Br)c2)sc2c1CCCC2. The molecule has 1 aliphatic rings. The number of thiophene rings is 1. The average Bonchev–Trinajstić information content (AvgIpc) is 3.10. The average molecular weight is 530 g/mol. The number of nitriles is 1. The van der Waals surface area contributed by atoms with Crippen molar-refractivity contribution in [1.82, 2.24) is 0 Å². The Hall–Kier alpha value is -1.94. The Morgan fingerprint density at radius 2 is 1.83 bits per heavy atom. The summed E-state index contributed by atoms with van der Waals surface area (Å²) in [6, 6.07) is 16.4. The van der Waals surface area contributed by atoms with Crippen molar-refractivity contribution in [2.75, 3.05) is 0 Å². The van der Waals surface area contributed by atoms with Gasteiger partial charge in [-0.3, -0.25) is 0 Å². The van der Waals surface area contributed by atoms with E-state index in [1.807, 2.05) is 48.7 Å².